The molecule has 84 valence electrons. The van der Waals surface area contributed by atoms with E-state index in [1.165, 1.54) is 19.3 Å². The summed E-state index contributed by atoms with van der Waals surface area (Å²) < 4.78 is 0. The van der Waals surface area contributed by atoms with Crippen molar-refractivity contribution >= 4 is 35.6 Å². The van der Waals surface area contributed by atoms with Gasteiger partial charge in [-0.3, -0.25) is 0 Å². The summed E-state index contributed by atoms with van der Waals surface area (Å²) in [6.45, 7) is 0. The Hall–Kier alpha value is 0.0500. The second-order valence-electron chi connectivity index (χ2n) is 3.89. The molecule has 15 heavy (non-hydrogen) atoms. The Balaban J connectivity index is 0.00000112. The fourth-order valence-corrected chi connectivity index (χ4v) is 2.10. The summed E-state index contributed by atoms with van der Waals surface area (Å²) in [5, 5.41) is 1.19. The highest BCUT2D eigenvalue weighted by molar-refractivity contribution is 6.42. The van der Waals surface area contributed by atoms with Gasteiger partial charge >= 0.3 is 0 Å². The molecule has 1 aromatic rings. The average molecular weight is 267 g/mol. The Morgan fingerprint density at radius 3 is 2.33 bits per heavy atom. The van der Waals surface area contributed by atoms with Crippen molar-refractivity contribution < 1.29 is 0 Å². The molecule has 0 aliphatic heterocycles. The molecule has 1 aliphatic carbocycles. The van der Waals surface area contributed by atoms with Crippen molar-refractivity contribution in [3.05, 3.63) is 33.8 Å². The van der Waals surface area contributed by atoms with Crippen molar-refractivity contribution in [1.29, 1.82) is 0 Å². The zero-order valence-corrected chi connectivity index (χ0v) is 10.6. The summed E-state index contributed by atoms with van der Waals surface area (Å²) in [7, 11) is 0. The molecule has 2 rings (SSSR count). The molecule has 1 saturated carbocycles. The van der Waals surface area contributed by atoms with Crippen molar-refractivity contribution in [2.24, 2.45) is 11.7 Å². The molecular weight excluding hydrogens is 252 g/mol. The SMILES string of the molecule is Cl.N[C@H](c1ccc(Cl)c(Cl)c1)C1CCC1. The first-order valence-corrected chi connectivity index (χ1v) is 5.64. The van der Waals surface area contributed by atoms with Crippen LogP contribution in [0.25, 0.3) is 0 Å². The van der Waals surface area contributed by atoms with Crippen LogP contribution in [-0.4, -0.2) is 0 Å². The first kappa shape index (κ1) is 13.1. The van der Waals surface area contributed by atoms with Crippen LogP contribution in [0.5, 0.6) is 0 Å². The van der Waals surface area contributed by atoms with E-state index in [2.05, 4.69) is 0 Å². The third-order valence-corrected chi connectivity index (χ3v) is 3.73. The maximum Gasteiger partial charge on any atom is 0.0595 e. The van der Waals surface area contributed by atoms with Crippen molar-refractivity contribution in [2.75, 3.05) is 0 Å². The van der Waals surface area contributed by atoms with E-state index in [1.54, 1.807) is 0 Å². The minimum absolute atomic E-state index is 0. The maximum atomic E-state index is 6.12. The summed E-state index contributed by atoms with van der Waals surface area (Å²) in [5.41, 5.74) is 7.22. The Morgan fingerprint density at radius 1 is 1.20 bits per heavy atom. The van der Waals surface area contributed by atoms with E-state index in [4.69, 9.17) is 28.9 Å². The number of halogens is 3. The molecule has 0 heterocycles. The minimum atomic E-state index is 0. The molecule has 2 N–H and O–H groups in total. The fourth-order valence-electron chi connectivity index (χ4n) is 1.79. The predicted octanol–water partition coefficient (Wildman–Crippen LogP) is 4.22. The molecular formula is C11H14Cl3N. The number of nitrogens with two attached hydrogens (primary N) is 1. The van der Waals surface area contributed by atoms with Crippen LogP contribution in [-0.2, 0) is 0 Å². The summed E-state index contributed by atoms with van der Waals surface area (Å²) in [4.78, 5) is 0. The van der Waals surface area contributed by atoms with Gasteiger partial charge in [0.15, 0.2) is 0 Å². The van der Waals surface area contributed by atoms with E-state index in [0.717, 1.165) is 5.56 Å². The lowest BCUT2D eigenvalue weighted by molar-refractivity contribution is 0.264. The zero-order chi connectivity index (χ0) is 10.1. The van der Waals surface area contributed by atoms with Crippen LogP contribution in [0.1, 0.15) is 30.9 Å². The van der Waals surface area contributed by atoms with Crippen LogP contribution in [0, 0.1) is 5.92 Å². The molecule has 0 aromatic heterocycles. The molecule has 1 fully saturated rings. The zero-order valence-electron chi connectivity index (χ0n) is 8.25. The lowest BCUT2D eigenvalue weighted by Crippen LogP contribution is -2.26. The van der Waals surface area contributed by atoms with Crippen LogP contribution in [0.3, 0.4) is 0 Å². The van der Waals surface area contributed by atoms with E-state index in [1.807, 2.05) is 18.2 Å². The van der Waals surface area contributed by atoms with Crippen molar-refractivity contribution in [2.45, 2.75) is 25.3 Å². The molecule has 0 saturated heterocycles. The van der Waals surface area contributed by atoms with Crippen molar-refractivity contribution in [3.8, 4) is 0 Å². The second kappa shape index (κ2) is 5.40. The molecule has 0 unspecified atom stereocenters. The van der Waals surface area contributed by atoms with Gasteiger partial charge in [-0.2, -0.15) is 0 Å². The number of rotatable bonds is 2. The van der Waals surface area contributed by atoms with Gasteiger partial charge in [0.05, 0.1) is 10.0 Å². The topological polar surface area (TPSA) is 26.0 Å². The Labute approximate surface area is 106 Å². The van der Waals surface area contributed by atoms with Gasteiger partial charge in [-0.05, 0) is 36.5 Å². The predicted molar refractivity (Wildman–Crippen MR) is 68.0 cm³/mol. The molecule has 1 atom stereocenters. The van der Waals surface area contributed by atoms with E-state index in [0.29, 0.717) is 16.0 Å². The maximum absolute atomic E-state index is 6.12. The Morgan fingerprint density at radius 2 is 1.87 bits per heavy atom. The molecule has 0 spiro atoms. The molecule has 1 aromatic carbocycles. The first-order valence-electron chi connectivity index (χ1n) is 4.89. The molecule has 0 bridgehead atoms. The normalized spacial score (nSPS) is 17.8. The highest BCUT2D eigenvalue weighted by Crippen LogP contribution is 2.37. The van der Waals surface area contributed by atoms with Crippen LogP contribution in [0.2, 0.25) is 10.0 Å². The highest BCUT2D eigenvalue weighted by atomic mass is 35.5. The summed E-state index contributed by atoms with van der Waals surface area (Å²) in [5.74, 6) is 0.632. The Bertz CT molecular complexity index is 337. The third kappa shape index (κ3) is 2.79. The lowest BCUT2D eigenvalue weighted by Gasteiger charge is -2.31. The van der Waals surface area contributed by atoms with Gasteiger partial charge in [-0.1, -0.05) is 35.7 Å². The fraction of sp³-hybridized carbons (Fsp3) is 0.455. The van der Waals surface area contributed by atoms with Crippen molar-refractivity contribution in [1.82, 2.24) is 0 Å². The monoisotopic (exact) mass is 265 g/mol. The summed E-state index contributed by atoms with van der Waals surface area (Å²) >= 11 is 11.8. The molecule has 4 heteroatoms. The van der Waals surface area contributed by atoms with E-state index < -0.39 is 0 Å². The van der Waals surface area contributed by atoms with Gasteiger partial charge in [-0.15, -0.1) is 12.4 Å². The highest BCUT2D eigenvalue weighted by Gasteiger charge is 2.25. The quantitative estimate of drug-likeness (QED) is 0.852. The van der Waals surface area contributed by atoms with Gasteiger partial charge in [0.2, 0.25) is 0 Å². The number of benzene rings is 1. The summed E-state index contributed by atoms with van der Waals surface area (Å²) in [6, 6.07) is 5.79. The average Bonchev–Trinajstić information content (AvgIpc) is 2.06. The van der Waals surface area contributed by atoms with E-state index in [-0.39, 0.29) is 18.4 Å². The van der Waals surface area contributed by atoms with Crippen LogP contribution >= 0.6 is 35.6 Å². The number of hydrogen-bond acceptors (Lipinski definition) is 1. The Kier molecular flexibility index (Phi) is 4.72. The van der Waals surface area contributed by atoms with Crippen LogP contribution in [0.15, 0.2) is 18.2 Å². The largest absolute Gasteiger partial charge is 0.324 e. The van der Waals surface area contributed by atoms with Gasteiger partial charge in [0.25, 0.3) is 0 Å². The molecule has 0 radical (unpaired) electrons. The van der Waals surface area contributed by atoms with Gasteiger partial charge in [0.1, 0.15) is 0 Å². The number of hydrogen-bond donors (Lipinski definition) is 1. The first-order chi connectivity index (χ1) is 6.68. The molecule has 1 nitrogen and oxygen atoms in total. The van der Waals surface area contributed by atoms with Gasteiger partial charge < -0.3 is 5.73 Å². The standard InChI is InChI=1S/C11H13Cl2N.ClH/c12-9-5-4-8(6-10(9)13)11(14)7-2-1-3-7;/h4-7,11H,1-3,14H2;1H/t11-;/m0./s1. The van der Waals surface area contributed by atoms with Crippen LogP contribution in [0.4, 0.5) is 0 Å². The van der Waals surface area contributed by atoms with Crippen molar-refractivity contribution in [3.63, 3.8) is 0 Å². The minimum Gasteiger partial charge on any atom is -0.324 e. The molecule has 0 amide bonds. The van der Waals surface area contributed by atoms with Crippen LogP contribution < -0.4 is 5.73 Å². The third-order valence-electron chi connectivity index (χ3n) is 2.99. The molecule has 1 aliphatic rings. The van der Waals surface area contributed by atoms with E-state index >= 15 is 0 Å². The van der Waals surface area contributed by atoms with E-state index in [9.17, 15) is 0 Å². The smallest absolute Gasteiger partial charge is 0.0595 e. The lowest BCUT2D eigenvalue weighted by atomic mass is 9.78. The van der Waals surface area contributed by atoms with Gasteiger partial charge in [-0.25, -0.2) is 0 Å². The summed E-state index contributed by atoms with van der Waals surface area (Å²) in [6.07, 6.45) is 3.78. The van der Waals surface area contributed by atoms with Gasteiger partial charge in [0, 0.05) is 6.04 Å². The second-order valence-corrected chi connectivity index (χ2v) is 4.70.